The Morgan fingerprint density at radius 1 is 1.12 bits per heavy atom. The summed E-state index contributed by atoms with van der Waals surface area (Å²) in [5.74, 6) is 0.259. The van der Waals surface area contributed by atoms with E-state index in [1.165, 1.54) is 11.8 Å². The summed E-state index contributed by atoms with van der Waals surface area (Å²) in [6, 6.07) is 8.93. The normalized spacial score (nSPS) is 11.8. The number of esters is 1. The molecule has 0 N–H and O–H groups in total. The average molecular weight is 371 g/mol. The van der Waals surface area contributed by atoms with Gasteiger partial charge in [0.25, 0.3) is 0 Å². The van der Waals surface area contributed by atoms with Gasteiger partial charge in [-0.3, -0.25) is 14.4 Å². The van der Waals surface area contributed by atoms with Gasteiger partial charge in [0.15, 0.2) is 5.12 Å². The first-order chi connectivity index (χ1) is 11.5. The lowest BCUT2D eigenvalue weighted by atomic mass is 10.1. The number of hydrogen-bond acceptors (Lipinski definition) is 5. The van der Waals surface area contributed by atoms with Gasteiger partial charge >= 0.3 is 5.97 Å². The molecule has 0 radical (unpaired) electrons. The zero-order valence-corrected chi connectivity index (χ0v) is 15.4. The number of benzene rings is 1. The smallest absolute Gasteiger partial charge is 0.311 e. The number of carbonyl (C=O) groups is 3. The monoisotopic (exact) mass is 370 g/mol. The molecule has 0 aliphatic carbocycles. The molecule has 1 aromatic carbocycles. The van der Waals surface area contributed by atoms with Crippen LogP contribution in [0.2, 0.25) is 0 Å². The average Bonchev–Trinajstić information content (AvgIpc) is 2.52. The van der Waals surface area contributed by atoms with E-state index in [0.29, 0.717) is 31.4 Å². The van der Waals surface area contributed by atoms with E-state index in [1.54, 1.807) is 24.3 Å². The van der Waals surface area contributed by atoms with Crippen LogP contribution in [0.4, 0.5) is 0 Å². The van der Waals surface area contributed by atoms with E-state index in [9.17, 15) is 14.4 Å². The Kier molecular flexibility index (Phi) is 10.4. The summed E-state index contributed by atoms with van der Waals surface area (Å²) in [5, 5.41) is -0.455. The molecule has 0 aliphatic rings. The van der Waals surface area contributed by atoms with E-state index in [4.69, 9.17) is 16.3 Å². The van der Waals surface area contributed by atoms with Gasteiger partial charge in [0.05, 0.1) is 0 Å². The van der Waals surface area contributed by atoms with Crippen molar-refractivity contribution >= 4 is 39.7 Å². The van der Waals surface area contributed by atoms with Crippen LogP contribution in [0.3, 0.4) is 0 Å². The van der Waals surface area contributed by atoms with Crippen molar-refractivity contribution in [2.75, 3.05) is 0 Å². The number of thioether (sulfide) groups is 1. The summed E-state index contributed by atoms with van der Waals surface area (Å²) in [6.07, 6.45) is 3.85. The molecule has 1 rings (SSSR count). The standard InChI is InChI=1S/C18H23ClO4S/c1-2-8-18(22)24-15(13-16(19)20)11-6-7-12-17(21)23-14-9-4-3-5-10-14/h3-5,9-10,15H,2,6-8,11-13H2,1H3. The van der Waals surface area contributed by atoms with Gasteiger partial charge in [-0.25, -0.2) is 0 Å². The summed E-state index contributed by atoms with van der Waals surface area (Å²) in [6.45, 7) is 1.94. The molecule has 0 heterocycles. The molecule has 4 nitrogen and oxygen atoms in total. The third-order valence-corrected chi connectivity index (χ3v) is 4.63. The molecule has 1 aromatic rings. The van der Waals surface area contributed by atoms with Gasteiger partial charge < -0.3 is 4.74 Å². The fraction of sp³-hybridized carbons (Fsp3) is 0.500. The van der Waals surface area contributed by atoms with Crippen LogP contribution in [0, 0.1) is 0 Å². The SMILES string of the molecule is CCCC(=O)SC(CCCCC(=O)Oc1ccccc1)CC(=O)Cl. The maximum atomic E-state index is 11.7. The molecule has 0 amide bonds. The zero-order chi connectivity index (χ0) is 17.8. The molecule has 0 bridgehead atoms. The molecular weight excluding hydrogens is 348 g/mol. The van der Waals surface area contributed by atoms with Crippen molar-refractivity contribution in [2.45, 2.75) is 57.1 Å². The Morgan fingerprint density at radius 2 is 1.83 bits per heavy atom. The second-order valence-corrected chi connectivity index (χ2v) is 7.23. The van der Waals surface area contributed by atoms with Gasteiger partial charge in [-0.1, -0.05) is 43.3 Å². The van der Waals surface area contributed by atoms with Gasteiger partial charge in [-0.15, -0.1) is 0 Å². The van der Waals surface area contributed by atoms with E-state index < -0.39 is 5.24 Å². The predicted molar refractivity (Wildman–Crippen MR) is 97.3 cm³/mol. The Labute approximate surface area is 152 Å². The highest BCUT2D eigenvalue weighted by Gasteiger charge is 2.17. The lowest BCUT2D eigenvalue weighted by molar-refractivity contribution is -0.134. The second-order valence-electron chi connectivity index (χ2n) is 5.45. The van der Waals surface area contributed by atoms with Crippen molar-refractivity contribution in [2.24, 2.45) is 0 Å². The zero-order valence-electron chi connectivity index (χ0n) is 13.8. The molecule has 132 valence electrons. The Bertz CT molecular complexity index is 533. The van der Waals surface area contributed by atoms with Crippen LogP contribution < -0.4 is 4.74 Å². The number of halogens is 1. The number of unbranched alkanes of at least 4 members (excludes halogenated alkanes) is 1. The van der Waals surface area contributed by atoms with Crippen LogP contribution in [0.5, 0.6) is 5.75 Å². The van der Waals surface area contributed by atoms with Gasteiger partial charge in [-0.05, 0) is 43.0 Å². The van der Waals surface area contributed by atoms with E-state index in [1.807, 2.05) is 13.0 Å². The highest BCUT2D eigenvalue weighted by atomic mass is 35.5. The molecule has 0 saturated heterocycles. The van der Waals surface area contributed by atoms with Crippen LogP contribution in [0.15, 0.2) is 30.3 Å². The first-order valence-electron chi connectivity index (χ1n) is 8.14. The van der Waals surface area contributed by atoms with Gasteiger partial charge in [0.2, 0.25) is 5.24 Å². The highest BCUT2D eigenvalue weighted by Crippen LogP contribution is 2.24. The molecule has 0 saturated carbocycles. The van der Waals surface area contributed by atoms with E-state index in [0.717, 1.165) is 12.8 Å². The largest absolute Gasteiger partial charge is 0.427 e. The van der Waals surface area contributed by atoms with Crippen molar-refractivity contribution in [3.05, 3.63) is 30.3 Å². The van der Waals surface area contributed by atoms with Crippen molar-refractivity contribution in [1.82, 2.24) is 0 Å². The molecule has 0 spiro atoms. The van der Waals surface area contributed by atoms with Crippen molar-refractivity contribution in [3.8, 4) is 5.75 Å². The number of rotatable bonds is 11. The van der Waals surface area contributed by atoms with Crippen LogP contribution in [0.25, 0.3) is 0 Å². The van der Waals surface area contributed by atoms with Crippen LogP contribution >= 0.6 is 23.4 Å². The first-order valence-corrected chi connectivity index (χ1v) is 9.40. The van der Waals surface area contributed by atoms with Crippen molar-refractivity contribution in [3.63, 3.8) is 0 Å². The number of carbonyl (C=O) groups excluding carboxylic acids is 3. The third kappa shape index (κ3) is 9.73. The Morgan fingerprint density at radius 3 is 2.46 bits per heavy atom. The first kappa shape index (κ1) is 20.7. The summed E-state index contributed by atoms with van der Waals surface area (Å²) >= 11 is 6.65. The molecule has 24 heavy (non-hydrogen) atoms. The molecule has 0 aliphatic heterocycles. The minimum Gasteiger partial charge on any atom is -0.427 e. The summed E-state index contributed by atoms with van der Waals surface area (Å²) in [5.41, 5.74) is 0. The number of hydrogen-bond donors (Lipinski definition) is 0. The van der Waals surface area contributed by atoms with E-state index in [2.05, 4.69) is 0 Å². The Balaban J connectivity index is 2.29. The van der Waals surface area contributed by atoms with Gasteiger partial charge in [0.1, 0.15) is 5.75 Å². The lowest BCUT2D eigenvalue weighted by Crippen LogP contribution is -2.11. The lowest BCUT2D eigenvalue weighted by Gasteiger charge is -2.13. The fourth-order valence-corrected chi connectivity index (χ4v) is 3.63. The van der Waals surface area contributed by atoms with Crippen LogP contribution in [-0.4, -0.2) is 21.6 Å². The maximum Gasteiger partial charge on any atom is 0.311 e. The minimum atomic E-state index is -0.430. The summed E-state index contributed by atoms with van der Waals surface area (Å²) in [7, 11) is 0. The number of para-hydroxylation sites is 1. The van der Waals surface area contributed by atoms with E-state index in [-0.39, 0.29) is 22.8 Å². The molecule has 0 aromatic heterocycles. The minimum absolute atomic E-state index is 0.0869. The molecule has 6 heteroatoms. The van der Waals surface area contributed by atoms with Crippen molar-refractivity contribution in [1.29, 1.82) is 0 Å². The molecule has 0 fully saturated rings. The van der Waals surface area contributed by atoms with Gasteiger partial charge in [0, 0.05) is 24.5 Å². The molecule has 1 atom stereocenters. The third-order valence-electron chi connectivity index (χ3n) is 3.27. The topological polar surface area (TPSA) is 60.4 Å². The fourth-order valence-electron chi connectivity index (χ4n) is 2.14. The number of ether oxygens (including phenoxy) is 1. The quantitative estimate of drug-likeness (QED) is 0.244. The van der Waals surface area contributed by atoms with Crippen LogP contribution in [0.1, 0.15) is 51.9 Å². The highest BCUT2D eigenvalue weighted by molar-refractivity contribution is 8.14. The Hall–Kier alpha value is -1.33. The molecular formula is C18H23ClO4S. The van der Waals surface area contributed by atoms with Gasteiger partial charge in [-0.2, -0.15) is 0 Å². The summed E-state index contributed by atoms with van der Waals surface area (Å²) in [4.78, 5) is 34.6. The van der Waals surface area contributed by atoms with E-state index >= 15 is 0 Å². The van der Waals surface area contributed by atoms with Crippen LogP contribution in [-0.2, 0) is 14.4 Å². The maximum absolute atomic E-state index is 11.7. The second kappa shape index (κ2) is 12.1. The van der Waals surface area contributed by atoms with Crippen molar-refractivity contribution < 1.29 is 19.1 Å². The predicted octanol–water partition coefficient (Wildman–Crippen LogP) is 4.74. The molecule has 1 unspecified atom stereocenters. The summed E-state index contributed by atoms with van der Waals surface area (Å²) < 4.78 is 5.21.